The Balaban J connectivity index is 1.43. The number of nitriles is 1. The number of aromatic amines is 1. The molecule has 6 rings (SSSR count). The van der Waals surface area contributed by atoms with Gasteiger partial charge in [-0.3, -0.25) is 14.0 Å². The highest BCUT2D eigenvalue weighted by Crippen LogP contribution is 2.31. The van der Waals surface area contributed by atoms with E-state index in [0.29, 0.717) is 48.5 Å². The van der Waals surface area contributed by atoms with Gasteiger partial charge < -0.3 is 14.6 Å². The summed E-state index contributed by atoms with van der Waals surface area (Å²) < 4.78 is 7.44. The van der Waals surface area contributed by atoms with E-state index in [1.54, 1.807) is 23.2 Å². The van der Waals surface area contributed by atoms with Gasteiger partial charge in [0.15, 0.2) is 0 Å². The average molecular weight is 454 g/mol. The summed E-state index contributed by atoms with van der Waals surface area (Å²) in [6.07, 6.45) is 3.36. The number of benzene rings is 2. The number of carbonyl (C=O) groups excluding carboxylic acids is 1. The van der Waals surface area contributed by atoms with Gasteiger partial charge in [0.1, 0.15) is 11.3 Å². The molecule has 2 aliphatic heterocycles. The third-order valence-corrected chi connectivity index (χ3v) is 7.06. The summed E-state index contributed by atoms with van der Waals surface area (Å²) in [4.78, 5) is 35.7. The Hall–Kier alpha value is -3.96. The summed E-state index contributed by atoms with van der Waals surface area (Å²) in [5.74, 6) is 0.975. The van der Waals surface area contributed by atoms with Crippen LogP contribution in [0.3, 0.4) is 0 Å². The molecule has 4 aromatic rings. The highest BCUT2D eigenvalue weighted by atomic mass is 16.5. The molecule has 1 fully saturated rings. The van der Waals surface area contributed by atoms with E-state index in [4.69, 9.17) is 4.74 Å². The number of hydrogen-bond donors (Lipinski definition) is 1. The molecule has 1 saturated heterocycles. The second-order valence-electron chi connectivity index (χ2n) is 9.08. The molecule has 170 valence electrons. The summed E-state index contributed by atoms with van der Waals surface area (Å²) in [6, 6.07) is 11.5. The molecule has 0 radical (unpaired) electrons. The van der Waals surface area contributed by atoms with Crippen molar-refractivity contribution in [3.05, 3.63) is 80.5 Å². The maximum atomic E-state index is 13.5. The Labute approximate surface area is 195 Å². The van der Waals surface area contributed by atoms with Crippen molar-refractivity contribution in [2.45, 2.75) is 38.8 Å². The van der Waals surface area contributed by atoms with Crippen molar-refractivity contribution in [2.75, 3.05) is 13.2 Å². The van der Waals surface area contributed by atoms with E-state index in [1.807, 2.05) is 29.5 Å². The summed E-state index contributed by atoms with van der Waals surface area (Å²) in [7, 11) is 0. The molecule has 0 unspecified atom stereocenters. The first-order chi connectivity index (χ1) is 16.5. The van der Waals surface area contributed by atoms with Crippen LogP contribution in [0.4, 0.5) is 0 Å². The second-order valence-corrected chi connectivity index (χ2v) is 9.08. The van der Waals surface area contributed by atoms with Gasteiger partial charge >= 0.3 is 0 Å². The average Bonchev–Trinajstić information content (AvgIpc) is 3.50. The first kappa shape index (κ1) is 20.6. The predicted molar refractivity (Wildman–Crippen MR) is 126 cm³/mol. The van der Waals surface area contributed by atoms with Crippen molar-refractivity contribution in [2.24, 2.45) is 0 Å². The molecule has 0 spiro atoms. The van der Waals surface area contributed by atoms with Crippen LogP contribution in [0.5, 0.6) is 0 Å². The molecule has 1 amide bonds. The molecule has 0 bridgehead atoms. The molecule has 0 saturated carbocycles. The fourth-order valence-electron chi connectivity index (χ4n) is 5.26. The Morgan fingerprint density at radius 2 is 2.03 bits per heavy atom. The first-order valence-electron chi connectivity index (χ1n) is 11.5. The SMILES string of the molecule is Cc1cc2c(cc1C(=O)N1Cc3cccc(C#N)c3C1)[nH]c(=O)c1cnc(C3CCOCC3)n12. The molecule has 34 heavy (non-hydrogen) atoms. The van der Waals surface area contributed by atoms with Gasteiger partial charge in [-0.15, -0.1) is 0 Å². The van der Waals surface area contributed by atoms with Crippen LogP contribution in [0.15, 0.2) is 41.3 Å². The number of imidazole rings is 1. The zero-order valence-electron chi connectivity index (χ0n) is 18.8. The van der Waals surface area contributed by atoms with Crippen molar-refractivity contribution in [3.8, 4) is 6.07 Å². The number of aromatic nitrogens is 3. The van der Waals surface area contributed by atoms with Crippen LogP contribution in [0.25, 0.3) is 16.6 Å². The zero-order valence-corrected chi connectivity index (χ0v) is 18.8. The van der Waals surface area contributed by atoms with Gasteiger partial charge in [0.2, 0.25) is 0 Å². The Morgan fingerprint density at radius 3 is 2.82 bits per heavy atom. The fourth-order valence-corrected chi connectivity index (χ4v) is 5.26. The number of H-pyrrole nitrogens is 1. The lowest BCUT2D eigenvalue weighted by Gasteiger charge is -2.22. The molecule has 0 atom stereocenters. The van der Waals surface area contributed by atoms with E-state index in [9.17, 15) is 14.9 Å². The number of fused-ring (bicyclic) bond motifs is 4. The molecule has 8 heteroatoms. The first-order valence-corrected chi connectivity index (χ1v) is 11.5. The molecule has 2 aromatic heterocycles. The number of hydrogen-bond acceptors (Lipinski definition) is 5. The minimum absolute atomic E-state index is 0.115. The van der Waals surface area contributed by atoms with Crippen molar-refractivity contribution in [1.29, 1.82) is 5.26 Å². The van der Waals surface area contributed by atoms with E-state index < -0.39 is 0 Å². The maximum absolute atomic E-state index is 13.5. The summed E-state index contributed by atoms with van der Waals surface area (Å²) in [6.45, 7) is 4.15. The summed E-state index contributed by atoms with van der Waals surface area (Å²) in [5, 5.41) is 9.42. The number of carbonyl (C=O) groups is 1. The van der Waals surface area contributed by atoms with E-state index in [-0.39, 0.29) is 17.4 Å². The van der Waals surface area contributed by atoms with Gasteiger partial charge in [0.25, 0.3) is 11.5 Å². The largest absolute Gasteiger partial charge is 0.381 e. The fraction of sp³-hybridized carbons (Fsp3) is 0.308. The molecule has 8 nitrogen and oxygen atoms in total. The van der Waals surface area contributed by atoms with Gasteiger partial charge in [0.05, 0.1) is 28.9 Å². The molecule has 2 aromatic carbocycles. The van der Waals surface area contributed by atoms with Crippen molar-refractivity contribution in [1.82, 2.24) is 19.3 Å². The van der Waals surface area contributed by atoms with E-state index in [0.717, 1.165) is 40.9 Å². The number of nitrogens with one attached hydrogen (secondary N) is 1. The molecule has 0 aliphatic carbocycles. The lowest BCUT2D eigenvalue weighted by molar-refractivity contribution is 0.0750. The molecule has 4 heterocycles. The highest BCUT2D eigenvalue weighted by molar-refractivity contribution is 5.99. The van der Waals surface area contributed by atoms with Crippen molar-refractivity contribution >= 4 is 22.5 Å². The van der Waals surface area contributed by atoms with Crippen LogP contribution in [-0.4, -0.2) is 38.4 Å². The van der Waals surface area contributed by atoms with Crippen LogP contribution >= 0.6 is 0 Å². The lowest BCUT2D eigenvalue weighted by atomic mass is 9.99. The van der Waals surface area contributed by atoms with Crippen LogP contribution in [0.2, 0.25) is 0 Å². The molecule has 1 N–H and O–H groups in total. The third-order valence-electron chi connectivity index (χ3n) is 7.06. The standard InChI is InChI=1S/C26H23N5O3/c1-15-9-22-21(29-25(32)23-12-28-24(31(22)23)16-5-7-34-8-6-16)10-19(15)26(33)30-13-18-4-2-3-17(11-27)20(18)14-30/h2-4,9-10,12,16H,5-8,13-14H2,1H3,(H,29,32). The number of nitrogens with zero attached hydrogens (tertiary/aromatic N) is 4. The lowest BCUT2D eigenvalue weighted by Crippen LogP contribution is -2.26. The Morgan fingerprint density at radius 1 is 1.21 bits per heavy atom. The smallest absolute Gasteiger partial charge is 0.274 e. The minimum Gasteiger partial charge on any atom is -0.381 e. The molecule has 2 aliphatic rings. The van der Waals surface area contributed by atoms with Crippen molar-refractivity contribution < 1.29 is 9.53 Å². The van der Waals surface area contributed by atoms with Crippen LogP contribution in [0, 0.1) is 18.3 Å². The van der Waals surface area contributed by atoms with Gasteiger partial charge in [-0.25, -0.2) is 4.98 Å². The maximum Gasteiger partial charge on any atom is 0.274 e. The second kappa shape index (κ2) is 7.82. The zero-order chi connectivity index (χ0) is 23.4. The van der Waals surface area contributed by atoms with Gasteiger partial charge in [-0.05, 0) is 54.7 Å². The molecular formula is C26H23N5O3. The molecular weight excluding hydrogens is 430 g/mol. The predicted octanol–water partition coefficient (Wildman–Crippen LogP) is 3.41. The van der Waals surface area contributed by atoms with Crippen LogP contribution in [-0.2, 0) is 17.8 Å². The minimum atomic E-state index is -0.229. The van der Waals surface area contributed by atoms with Crippen molar-refractivity contribution in [3.63, 3.8) is 0 Å². The van der Waals surface area contributed by atoms with E-state index >= 15 is 0 Å². The van der Waals surface area contributed by atoms with E-state index in [1.165, 1.54) is 0 Å². The quantitative estimate of drug-likeness (QED) is 0.501. The Bertz CT molecular complexity index is 1570. The van der Waals surface area contributed by atoms with Gasteiger partial charge in [0, 0.05) is 37.8 Å². The van der Waals surface area contributed by atoms with Gasteiger partial charge in [-0.2, -0.15) is 5.26 Å². The number of ether oxygens (including phenoxy) is 1. The topological polar surface area (TPSA) is 103 Å². The number of amides is 1. The summed E-state index contributed by atoms with van der Waals surface area (Å²) >= 11 is 0. The normalized spacial score (nSPS) is 16.2. The van der Waals surface area contributed by atoms with Crippen LogP contribution in [0.1, 0.15) is 57.2 Å². The van der Waals surface area contributed by atoms with E-state index in [2.05, 4.69) is 16.0 Å². The monoisotopic (exact) mass is 453 g/mol. The van der Waals surface area contributed by atoms with Gasteiger partial charge in [-0.1, -0.05) is 12.1 Å². The number of rotatable bonds is 2. The van der Waals surface area contributed by atoms with Crippen LogP contribution < -0.4 is 5.56 Å². The Kier molecular flexibility index (Phi) is 4.74. The third kappa shape index (κ3) is 3.12. The number of aryl methyl sites for hydroxylation is 1. The summed E-state index contributed by atoms with van der Waals surface area (Å²) in [5.41, 5.74) is 5.60. The highest BCUT2D eigenvalue weighted by Gasteiger charge is 2.28.